The number of aliphatic hydroxyl groups is 1. The van der Waals surface area contributed by atoms with Gasteiger partial charge in [-0.25, -0.2) is 0 Å². The van der Waals surface area contributed by atoms with Crippen molar-refractivity contribution in [1.29, 1.82) is 0 Å². The highest BCUT2D eigenvalue weighted by Gasteiger charge is 2.44. The molecule has 0 amide bonds. The standard InChI is InChI=1S/C10H12O3/c1-13-9-6-7(11)2-3-8(9)10(12)4-5-10/h2-3,6,11-12H,4-5H2,1H3. The van der Waals surface area contributed by atoms with Crippen molar-refractivity contribution >= 4 is 0 Å². The zero-order valence-corrected chi connectivity index (χ0v) is 7.45. The molecule has 2 N–H and O–H groups in total. The molecule has 0 saturated heterocycles. The van der Waals surface area contributed by atoms with E-state index in [2.05, 4.69) is 0 Å². The van der Waals surface area contributed by atoms with Crippen LogP contribution in [0.2, 0.25) is 0 Å². The van der Waals surface area contributed by atoms with Gasteiger partial charge in [0.1, 0.15) is 11.5 Å². The second-order valence-electron chi connectivity index (χ2n) is 3.42. The smallest absolute Gasteiger partial charge is 0.128 e. The van der Waals surface area contributed by atoms with Crippen LogP contribution in [-0.2, 0) is 5.60 Å². The lowest BCUT2D eigenvalue weighted by atomic mass is 10.1. The Morgan fingerprint density at radius 2 is 2.08 bits per heavy atom. The molecule has 0 radical (unpaired) electrons. The van der Waals surface area contributed by atoms with E-state index in [1.807, 2.05) is 0 Å². The van der Waals surface area contributed by atoms with Crippen LogP contribution in [0.25, 0.3) is 0 Å². The largest absolute Gasteiger partial charge is 0.508 e. The van der Waals surface area contributed by atoms with Crippen LogP contribution in [0.5, 0.6) is 11.5 Å². The number of phenols is 1. The molecular weight excluding hydrogens is 168 g/mol. The maximum atomic E-state index is 9.84. The van der Waals surface area contributed by atoms with Crippen LogP contribution < -0.4 is 4.74 Å². The minimum absolute atomic E-state index is 0.157. The minimum atomic E-state index is -0.709. The van der Waals surface area contributed by atoms with E-state index >= 15 is 0 Å². The number of methoxy groups -OCH3 is 1. The molecule has 13 heavy (non-hydrogen) atoms. The first-order valence-electron chi connectivity index (χ1n) is 4.25. The van der Waals surface area contributed by atoms with Crippen LogP contribution >= 0.6 is 0 Å². The lowest BCUT2D eigenvalue weighted by Crippen LogP contribution is -2.06. The topological polar surface area (TPSA) is 49.7 Å². The van der Waals surface area contributed by atoms with Crippen LogP contribution in [0, 0.1) is 0 Å². The maximum Gasteiger partial charge on any atom is 0.128 e. The van der Waals surface area contributed by atoms with Gasteiger partial charge in [-0.05, 0) is 25.0 Å². The quantitative estimate of drug-likeness (QED) is 0.723. The number of phenolic OH excluding ortho intramolecular Hbond substituents is 1. The minimum Gasteiger partial charge on any atom is -0.508 e. The molecule has 3 heteroatoms. The molecule has 1 saturated carbocycles. The van der Waals surface area contributed by atoms with E-state index in [0.29, 0.717) is 5.75 Å². The molecule has 1 aliphatic carbocycles. The third-order valence-electron chi connectivity index (χ3n) is 2.41. The van der Waals surface area contributed by atoms with Gasteiger partial charge in [-0.15, -0.1) is 0 Å². The average Bonchev–Trinajstić information content (AvgIpc) is 2.84. The van der Waals surface area contributed by atoms with Gasteiger partial charge >= 0.3 is 0 Å². The average molecular weight is 180 g/mol. The van der Waals surface area contributed by atoms with Gasteiger partial charge in [0, 0.05) is 11.6 Å². The van der Waals surface area contributed by atoms with Gasteiger partial charge < -0.3 is 14.9 Å². The van der Waals surface area contributed by atoms with Crippen LogP contribution in [0.3, 0.4) is 0 Å². The second-order valence-corrected chi connectivity index (χ2v) is 3.42. The molecule has 3 nitrogen and oxygen atoms in total. The van der Waals surface area contributed by atoms with Gasteiger partial charge in [-0.3, -0.25) is 0 Å². The Balaban J connectivity index is 2.45. The number of hydrogen-bond donors (Lipinski definition) is 2. The molecular formula is C10H12O3. The normalized spacial score (nSPS) is 18.3. The molecule has 0 bridgehead atoms. The fourth-order valence-corrected chi connectivity index (χ4v) is 1.45. The third kappa shape index (κ3) is 1.35. The summed E-state index contributed by atoms with van der Waals surface area (Å²) in [6, 6.07) is 4.79. The molecule has 0 heterocycles. The molecule has 0 aliphatic heterocycles. The molecule has 0 atom stereocenters. The molecule has 0 aromatic heterocycles. The SMILES string of the molecule is COc1cc(O)ccc1C1(O)CC1. The summed E-state index contributed by atoms with van der Waals surface area (Å²) in [4.78, 5) is 0. The van der Waals surface area contributed by atoms with Gasteiger partial charge in [0.15, 0.2) is 0 Å². The van der Waals surface area contributed by atoms with Crippen LogP contribution in [0.4, 0.5) is 0 Å². The summed E-state index contributed by atoms with van der Waals surface area (Å²) in [5.74, 6) is 0.713. The number of hydrogen-bond acceptors (Lipinski definition) is 3. The van der Waals surface area contributed by atoms with Crippen LogP contribution in [0.15, 0.2) is 18.2 Å². The molecule has 1 aliphatic rings. The van der Waals surface area contributed by atoms with Crippen molar-refractivity contribution in [3.8, 4) is 11.5 Å². The Labute approximate surface area is 76.6 Å². The highest BCUT2D eigenvalue weighted by molar-refractivity contribution is 5.45. The summed E-state index contributed by atoms with van der Waals surface area (Å²) in [6.45, 7) is 0. The molecule has 1 fully saturated rings. The maximum absolute atomic E-state index is 9.84. The third-order valence-corrected chi connectivity index (χ3v) is 2.41. The van der Waals surface area contributed by atoms with Crippen LogP contribution in [-0.4, -0.2) is 17.3 Å². The fraction of sp³-hybridized carbons (Fsp3) is 0.400. The van der Waals surface area contributed by atoms with Crippen molar-refractivity contribution in [2.24, 2.45) is 0 Å². The summed E-state index contributed by atoms with van der Waals surface area (Å²) in [6.07, 6.45) is 1.54. The summed E-state index contributed by atoms with van der Waals surface area (Å²) >= 11 is 0. The number of ether oxygens (including phenoxy) is 1. The van der Waals surface area contributed by atoms with Gasteiger partial charge in [0.05, 0.1) is 12.7 Å². The Hall–Kier alpha value is -1.22. The molecule has 1 aromatic rings. The summed E-state index contributed by atoms with van der Waals surface area (Å²) < 4.78 is 5.07. The number of benzene rings is 1. The van der Waals surface area contributed by atoms with Crippen LogP contribution in [0.1, 0.15) is 18.4 Å². The van der Waals surface area contributed by atoms with E-state index in [0.717, 1.165) is 18.4 Å². The Morgan fingerprint density at radius 1 is 1.38 bits per heavy atom. The monoisotopic (exact) mass is 180 g/mol. The number of aromatic hydroxyl groups is 1. The first-order chi connectivity index (χ1) is 6.15. The van der Waals surface area contributed by atoms with Gasteiger partial charge in [0.25, 0.3) is 0 Å². The lowest BCUT2D eigenvalue weighted by Gasteiger charge is -2.13. The van der Waals surface area contributed by atoms with E-state index in [1.165, 1.54) is 13.2 Å². The Bertz CT molecular complexity index is 329. The zero-order chi connectivity index (χ0) is 9.47. The molecule has 0 spiro atoms. The van der Waals surface area contributed by atoms with E-state index in [9.17, 15) is 10.2 Å². The summed E-state index contributed by atoms with van der Waals surface area (Å²) in [5, 5.41) is 19.0. The van der Waals surface area contributed by atoms with Gasteiger partial charge in [-0.2, -0.15) is 0 Å². The van der Waals surface area contributed by atoms with Crippen molar-refractivity contribution in [3.63, 3.8) is 0 Å². The highest BCUT2D eigenvalue weighted by Crippen LogP contribution is 2.49. The fourth-order valence-electron chi connectivity index (χ4n) is 1.45. The van der Waals surface area contributed by atoms with Crippen molar-refractivity contribution in [2.75, 3.05) is 7.11 Å². The van der Waals surface area contributed by atoms with E-state index < -0.39 is 5.60 Å². The first-order valence-corrected chi connectivity index (χ1v) is 4.25. The van der Waals surface area contributed by atoms with Crippen molar-refractivity contribution < 1.29 is 14.9 Å². The van der Waals surface area contributed by atoms with E-state index in [1.54, 1.807) is 12.1 Å². The Morgan fingerprint density at radius 3 is 2.62 bits per heavy atom. The van der Waals surface area contributed by atoms with Gasteiger partial charge in [-0.1, -0.05) is 0 Å². The molecule has 2 rings (SSSR count). The number of rotatable bonds is 2. The summed E-state index contributed by atoms with van der Waals surface area (Å²) in [5.41, 5.74) is 0.0618. The molecule has 70 valence electrons. The zero-order valence-electron chi connectivity index (χ0n) is 7.45. The lowest BCUT2D eigenvalue weighted by molar-refractivity contribution is 0.147. The van der Waals surface area contributed by atoms with Crippen molar-refractivity contribution in [2.45, 2.75) is 18.4 Å². The van der Waals surface area contributed by atoms with Gasteiger partial charge in [0.2, 0.25) is 0 Å². The van der Waals surface area contributed by atoms with E-state index in [-0.39, 0.29) is 5.75 Å². The first kappa shape index (κ1) is 8.38. The highest BCUT2D eigenvalue weighted by atomic mass is 16.5. The Kier molecular flexibility index (Phi) is 1.70. The predicted octanol–water partition coefficient (Wildman–Crippen LogP) is 1.38. The van der Waals surface area contributed by atoms with Crippen molar-refractivity contribution in [1.82, 2.24) is 0 Å². The second kappa shape index (κ2) is 2.64. The molecule has 1 aromatic carbocycles. The van der Waals surface area contributed by atoms with Crippen molar-refractivity contribution in [3.05, 3.63) is 23.8 Å². The molecule has 0 unspecified atom stereocenters. The summed E-state index contributed by atoms with van der Waals surface area (Å²) in [7, 11) is 1.53. The predicted molar refractivity (Wildman–Crippen MR) is 47.8 cm³/mol. The van der Waals surface area contributed by atoms with E-state index in [4.69, 9.17) is 4.74 Å².